The molecule has 0 fully saturated rings. The molecule has 1 aliphatic heterocycles. The average Bonchev–Trinajstić information content (AvgIpc) is 2.96. The number of hydrogen-bond donors (Lipinski definition) is 0. The van der Waals surface area contributed by atoms with Crippen molar-refractivity contribution in [2.75, 3.05) is 18.1 Å². The molecule has 0 spiro atoms. The van der Waals surface area contributed by atoms with Crippen molar-refractivity contribution in [2.24, 2.45) is 0 Å². The minimum atomic E-state index is -0.0422. The Kier molecular flexibility index (Phi) is 4.99. The number of carbonyl (C=O) groups is 2. The van der Waals surface area contributed by atoms with Crippen LogP contribution in [0.5, 0.6) is 5.75 Å². The number of benzene rings is 1. The maximum absolute atomic E-state index is 12.9. The molecule has 0 saturated heterocycles. The fourth-order valence-electron chi connectivity index (χ4n) is 2.85. The zero-order valence-electron chi connectivity index (χ0n) is 14.5. The van der Waals surface area contributed by atoms with E-state index in [-0.39, 0.29) is 11.7 Å². The summed E-state index contributed by atoms with van der Waals surface area (Å²) in [6, 6.07) is 5.60. The molecule has 2 aromatic rings. The lowest BCUT2D eigenvalue weighted by molar-refractivity contribution is -0.116. The molecule has 0 unspecified atom stereocenters. The number of ketones is 1. The molecule has 1 aromatic carbocycles. The van der Waals surface area contributed by atoms with Gasteiger partial charge in [-0.25, -0.2) is 4.98 Å². The van der Waals surface area contributed by atoms with E-state index in [0.29, 0.717) is 47.3 Å². The van der Waals surface area contributed by atoms with E-state index in [0.717, 1.165) is 5.56 Å². The van der Waals surface area contributed by atoms with Crippen molar-refractivity contribution in [1.82, 2.24) is 4.98 Å². The number of thiazole rings is 1. The van der Waals surface area contributed by atoms with Gasteiger partial charge in [0.25, 0.3) is 0 Å². The topological polar surface area (TPSA) is 59.5 Å². The molecule has 1 amide bonds. The summed E-state index contributed by atoms with van der Waals surface area (Å²) in [6.45, 7) is 6.40. The van der Waals surface area contributed by atoms with Crippen LogP contribution >= 0.6 is 11.3 Å². The number of amides is 1. The summed E-state index contributed by atoms with van der Waals surface area (Å²) in [4.78, 5) is 30.6. The van der Waals surface area contributed by atoms with Gasteiger partial charge in [-0.15, -0.1) is 11.3 Å². The minimum Gasteiger partial charge on any atom is -0.492 e. The first-order valence-electron chi connectivity index (χ1n) is 8.22. The second-order valence-corrected chi connectivity index (χ2v) is 6.70. The van der Waals surface area contributed by atoms with E-state index in [1.54, 1.807) is 17.0 Å². The molecule has 0 bridgehead atoms. The number of rotatable bonds is 3. The lowest BCUT2D eigenvalue weighted by Crippen LogP contribution is -2.27. The number of fused-ring (bicyclic) bond motifs is 1. The number of ether oxygens (including phenoxy) is 1. The van der Waals surface area contributed by atoms with E-state index < -0.39 is 0 Å². The molecule has 25 heavy (non-hydrogen) atoms. The maximum atomic E-state index is 12.9. The maximum Gasteiger partial charge on any atom is 0.225 e. The van der Waals surface area contributed by atoms with E-state index in [4.69, 9.17) is 4.74 Å². The van der Waals surface area contributed by atoms with Crippen molar-refractivity contribution in [2.45, 2.75) is 27.2 Å². The van der Waals surface area contributed by atoms with Gasteiger partial charge in [-0.1, -0.05) is 12.1 Å². The predicted octanol–water partition coefficient (Wildman–Crippen LogP) is 3.87. The third-order valence-corrected chi connectivity index (χ3v) is 5.01. The predicted molar refractivity (Wildman–Crippen MR) is 99.4 cm³/mol. The highest BCUT2D eigenvalue weighted by Gasteiger charge is 2.22. The molecule has 130 valence electrons. The number of carbonyl (C=O) groups excluding carboxylic acids is 2. The highest BCUT2D eigenvalue weighted by molar-refractivity contribution is 7.14. The highest BCUT2D eigenvalue weighted by Crippen LogP contribution is 2.31. The number of aryl methyl sites for hydroxylation is 1. The van der Waals surface area contributed by atoms with Gasteiger partial charge >= 0.3 is 0 Å². The zero-order chi connectivity index (χ0) is 18.0. The van der Waals surface area contributed by atoms with Gasteiger partial charge in [0.1, 0.15) is 5.75 Å². The highest BCUT2D eigenvalue weighted by atomic mass is 32.1. The van der Waals surface area contributed by atoms with E-state index in [2.05, 4.69) is 4.98 Å². The van der Waals surface area contributed by atoms with Crippen molar-refractivity contribution >= 4 is 34.2 Å². The minimum absolute atomic E-state index is 0.0235. The van der Waals surface area contributed by atoms with Crippen LogP contribution in [-0.4, -0.2) is 29.8 Å². The fraction of sp³-hybridized carbons (Fsp3) is 0.316. The lowest BCUT2D eigenvalue weighted by Gasteiger charge is -2.14. The molecular weight excluding hydrogens is 336 g/mol. The van der Waals surface area contributed by atoms with Crippen LogP contribution in [0.1, 0.15) is 41.9 Å². The quantitative estimate of drug-likeness (QED) is 0.783. The molecule has 5 nitrogen and oxygen atoms in total. The van der Waals surface area contributed by atoms with Crippen molar-refractivity contribution in [3.63, 3.8) is 0 Å². The SMILES string of the molecule is CCN(C(C)=O)c1nc(/C=C2/CCOc3c(C)cccc3C2=O)cs1. The normalized spacial score (nSPS) is 15.5. The number of aromatic nitrogens is 1. The number of Topliss-reactive ketones (excluding diaryl/α,β-unsaturated/α-hetero) is 1. The van der Waals surface area contributed by atoms with Gasteiger partial charge in [0.05, 0.1) is 17.9 Å². The van der Waals surface area contributed by atoms with Crippen LogP contribution in [0.3, 0.4) is 0 Å². The summed E-state index contributed by atoms with van der Waals surface area (Å²) in [5.41, 5.74) is 2.92. The molecule has 2 heterocycles. The monoisotopic (exact) mass is 356 g/mol. The molecule has 0 atom stereocenters. The summed E-state index contributed by atoms with van der Waals surface area (Å²) in [7, 11) is 0. The Bertz CT molecular complexity index is 854. The Labute approximate surface area is 150 Å². The second-order valence-electron chi connectivity index (χ2n) is 5.87. The van der Waals surface area contributed by atoms with Gasteiger partial charge in [0.2, 0.25) is 5.91 Å². The van der Waals surface area contributed by atoms with Crippen LogP contribution in [0, 0.1) is 6.92 Å². The third kappa shape index (κ3) is 3.49. The molecule has 0 aliphatic carbocycles. The Morgan fingerprint density at radius 2 is 2.24 bits per heavy atom. The van der Waals surface area contributed by atoms with Crippen LogP contribution in [-0.2, 0) is 4.79 Å². The molecule has 1 aromatic heterocycles. The van der Waals surface area contributed by atoms with Gasteiger partial charge in [-0.2, -0.15) is 0 Å². The molecule has 1 aliphatic rings. The second kappa shape index (κ2) is 7.19. The van der Waals surface area contributed by atoms with Crippen LogP contribution in [0.25, 0.3) is 6.08 Å². The molecule has 0 radical (unpaired) electrons. The zero-order valence-corrected chi connectivity index (χ0v) is 15.4. The summed E-state index contributed by atoms with van der Waals surface area (Å²) >= 11 is 1.40. The first-order valence-corrected chi connectivity index (χ1v) is 9.10. The summed E-state index contributed by atoms with van der Waals surface area (Å²) < 4.78 is 5.78. The van der Waals surface area contributed by atoms with Gasteiger partial charge < -0.3 is 4.74 Å². The van der Waals surface area contributed by atoms with Crippen molar-refractivity contribution in [3.8, 4) is 5.75 Å². The Morgan fingerprint density at radius 3 is 2.96 bits per heavy atom. The lowest BCUT2D eigenvalue weighted by atomic mass is 9.99. The Hall–Kier alpha value is -2.47. The van der Waals surface area contributed by atoms with Gasteiger partial charge in [0, 0.05) is 30.8 Å². The first kappa shape index (κ1) is 17.4. The average molecular weight is 356 g/mol. The van der Waals surface area contributed by atoms with Crippen molar-refractivity contribution in [1.29, 1.82) is 0 Å². The van der Waals surface area contributed by atoms with Crippen LogP contribution in [0.2, 0.25) is 0 Å². The van der Waals surface area contributed by atoms with E-state index >= 15 is 0 Å². The Morgan fingerprint density at radius 1 is 1.44 bits per heavy atom. The number of para-hydroxylation sites is 1. The van der Waals surface area contributed by atoms with Crippen molar-refractivity contribution in [3.05, 3.63) is 46.0 Å². The summed E-state index contributed by atoms with van der Waals surface area (Å²) in [5.74, 6) is 0.604. The van der Waals surface area contributed by atoms with Gasteiger partial charge in [0.15, 0.2) is 10.9 Å². The van der Waals surface area contributed by atoms with E-state index in [1.165, 1.54) is 18.3 Å². The molecule has 0 saturated carbocycles. The molecule has 0 N–H and O–H groups in total. The number of nitrogens with zero attached hydrogens (tertiary/aromatic N) is 2. The third-order valence-electron chi connectivity index (χ3n) is 4.13. The molecule has 3 rings (SSSR count). The fourth-order valence-corrected chi connectivity index (χ4v) is 3.74. The largest absolute Gasteiger partial charge is 0.492 e. The van der Waals surface area contributed by atoms with Crippen LogP contribution in [0.4, 0.5) is 5.13 Å². The van der Waals surface area contributed by atoms with Crippen LogP contribution < -0.4 is 9.64 Å². The first-order chi connectivity index (χ1) is 12.0. The van der Waals surface area contributed by atoms with Gasteiger partial charge in [-0.05, 0) is 31.6 Å². The number of anilines is 1. The number of hydrogen-bond acceptors (Lipinski definition) is 5. The smallest absolute Gasteiger partial charge is 0.225 e. The molecular formula is C19H20N2O3S. The summed E-state index contributed by atoms with van der Waals surface area (Å²) in [6.07, 6.45) is 2.33. The van der Waals surface area contributed by atoms with E-state index in [1.807, 2.05) is 31.4 Å². The Balaban J connectivity index is 1.93. The summed E-state index contributed by atoms with van der Waals surface area (Å²) in [5, 5.41) is 2.51. The molecule has 6 heteroatoms. The van der Waals surface area contributed by atoms with Crippen LogP contribution in [0.15, 0.2) is 29.2 Å². The standard InChI is InChI=1S/C19H20N2O3S/c1-4-21(13(3)22)19-20-15(11-25-19)10-14-8-9-24-18-12(2)6-5-7-16(18)17(14)23/h5-7,10-11H,4,8-9H2,1-3H3/b14-10-. The van der Waals surface area contributed by atoms with E-state index in [9.17, 15) is 9.59 Å². The van der Waals surface area contributed by atoms with Crippen molar-refractivity contribution < 1.29 is 14.3 Å². The van der Waals surface area contributed by atoms with Gasteiger partial charge in [-0.3, -0.25) is 14.5 Å².